The van der Waals surface area contributed by atoms with Crippen LogP contribution in [0.25, 0.3) is 11.5 Å². The van der Waals surface area contributed by atoms with Crippen molar-refractivity contribution in [1.82, 2.24) is 10.2 Å². The Bertz CT molecular complexity index is 948. The van der Waals surface area contributed by atoms with Crippen LogP contribution in [-0.2, 0) is 4.79 Å². The van der Waals surface area contributed by atoms with Crippen LogP contribution in [0, 0.1) is 5.82 Å². The van der Waals surface area contributed by atoms with Crippen LogP contribution in [0.2, 0.25) is 0 Å². The molecule has 1 N–H and O–H groups in total. The number of thioether (sulfide) groups is 1. The van der Waals surface area contributed by atoms with Crippen molar-refractivity contribution in [3.05, 3.63) is 48.3 Å². The van der Waals surface area contributed by atoms with E-state index in [1.807, 2.05) is 0 Å². The molecule has 0 radical (unpaired) electrons. The van der Waals surface area contributed by atoms with Crippen molar-refractivity contribution in [2.45, 2.75) is 5.22 Å². The number of carbonyl (C=O) groups is 1. The predicted octanol–water partition coefficient (Wildman–Crippen LogP) is 3.62. The zero-order valence-corrected chi connectivity index (χ0v) is 15.4. The zero-order valence-electron chi connectivity index (χ0n) is 14.6. The minimum absolute atomic E-state index is 0.0457. The molecule has 0 unspecified atom stereocenters. The highest BCUT2D eigenvalue weighted by atomic mass is 32.2. The van der Waals surface area contributed by atoms with Gasteiger partial charge in [-0.1, -0.05) is 17.8 Å². The lowest BCUT2D eigenvalue weighted by Gasteiger charge is -2.07. The Hall–Kier alpha value is -3.07. The summed E-state index contributed by atoms with van der Waals surface area (Å²) in [4.78, 5) is 12.0. The number of methoxy groups -OCH3 is 2. The van der Waals surface area contributed by atoms with Gasteiger partial charge in [-0.15, -0.1) is 10.2 Å². The highest BCUT2D eigenvalue weighted by molar-refractivity contribution is 7.99. The first-order chi connectivity index (χ1) is 13.1. The third kappa shape index (κ3) is 4.76. The topological polar surface area (TPSA) is 86.5 Å². The van der Waals surface area contributed by atoms with Crippen molar-refractivity contribution in [2.24, 2.45) is 0 Å². The molecule has 0 aliphatic rings. The Labute approximate surface area is 158 Å². The van der Waals surface area contributed by atoms with E-state index in [4.69, 9.17) is 13.9 Å². The molecular formula is C18H16FN3O4S. The molecule has 140 valence electrons. The maximum atomic E-state index is 13.1. The van der Waals surface area contributed by atoms with Crippen LogP contribution in [0.4, 0.5) is 10.1 Å². The molecular weight excluding hydrogens is 373 g/mol. The van der Waals surface area contributed by atoms with Gasteiger partial charge in [0.1, 0.15) is 5.82 Å². The minimum atomic E-state index is -0.420. The summed E-state index contributed by atoms with van der Waals surface area (Å²) >= 11 is 1.08. The molecule has 0 atom stereocenters. The smallest absolute Gasteiger partial charge is 0.277 e. The summed E-state index contributed by atoms with van der Waals surface area (Å²) in [6.45, 7) is 0. The lowest BCUT2D eigenvalue weighted by atomic mass is 10.2. The van der Waals surface area contributed by atoms with Crippen LogP contribution in [0.15, 0.2) is 52.1 Å². The maximum absolute atomic E-state index is 13.1. The lowest BCUT2D eigenvalue weighted by molar-refractivity contribution is -0.113. The number of anilines is 1. The zero-order chi connectivity index (χ0) is 19.2. The Morgan fingerprint density at radius 2 is 1.96 bits per heavy atom. The number of ether oxygens (including phenoxy) is 2. The number of nitrogens with one attached hydrogen (secondary N) is 1. The second-order valence-corrected chi connectivity index (χ2v) is 6.22. The van der Waals surface area contributed by atoms with Crippen LogP contribution in [0.1, 0.15) is 0 Å². The number of hydrogen-bond donors (Lipinski definition) is 1. The Balaban J connectivity index is 1.62. The molecule has 1 amide bonds. The summed E-state index contributed by atoms with van der Waals surface area (Å²) in [6.07, 6.45) is 0. The maximum Gasteiger partial charge on any atom is 0.277 e. The number of nitrogens with zero attached hydrogens (tertiary/aromatic N) is 2. The van der Waals surface area contributed by atoms with E-state index in [1.54, 1.807) is 31.4 Å². The van der Waals surface area contributed by atoms with Crippen molar-refractivity contribution in [3.63, 3.8) is 0 Å². The van der Waals surface area contributed by atoms with Gasteiger partial charge in [0.2, 0.25) is 11.8 Å². The summed E-state index contributed by atoms with van der Waals surface area (Å²) in [5.74, 6) is 0.739. The molecule has 27 heavy (non-hydrogen) atoms. The first kappa shape index (κ1) is 18.7. The minimum Gasteiger partial charge on any atom is -0.493 e. The van der Waals surface area contributed by atoms with Crippen LogP contribution in [-0.4, -0.2) is 36.1 Å². The SMILES string of the molecule is COc1ccc(-c2nnc(SCC(=O)Nc3cccc(F)c3)o2)cc1OC. The van der Waals surface area contributed by atoms with Crippen molar-refractivity contribution >= 4 is 23.4 Å². The second-order valence-electron chi connectivity index (χ2n) is 5.29. The van der Waals surface area contributed by atoms with Gasteiger partial charge in [-0.05, 0) is 36.4 Å². The van der Waals surface area contributed by atoms with Gasteiger partial charge >= 0.3 is 0 Å². The van der Waals surface area contributed by atoms with E-state index < -0.39 is 5.82 Å². The van der Waals surface area contributed by atoms with Gasteiger partial charge in [-0.25, -0.2) is 4.39 Å². The largest absolute Gasteiger partial charge is 0.493 e. The first-order valence-electron chi connectivity index (χ1n) is 7.83. The Morgan fingerprint density at radius 3 is 2.70 bits per heavy atom. The molecule has 2 aromatic carbocycles. The molecule has 0 aliphatic carbocycles. The normalized spacial score (nSPS) is 10.5. The number of rotatable bonds is 7. The van der Waals surface area contributed by atoms with E-state index in [2.05, 4.69) is 15.5 Å². The molecule has 0 saturated heterocycles. The molecule has 1 aromatic heterocycles. The Kier molecular flexibility index (Phi) is 5.92. The summed E-state index contributed by atoms with van der Waals surface area (Å²) in [5, 5.41) is 10.7. The van der Waals surface area contributed by atoms with Crippen molar-refractivity contribution in [1.29, 1.82) is 0 Å². The van der Waals surface area contributed by atoms with Crippen LogP contribution in [0.5, 0.6) is 11.5 Å². The summed E-state index contributed by atoms with van der Waals surface area (Å²) in [5.41, 5.74) is 1.05. The fourth-order valence-corrected chi connectivity index (χ4v) is 2.81. The lowest BCUT2D eigenvalue weighted by Crippen LogP contribution is -2.14. The van der Waals surface area contributed by atoms with Gasteiger partial charge < -0.3 is 19.2 Å². The van der Waals surface area contributed by atoms with Gasteiger partial charge in [0.05, 0.1) is 20.0 Å². The van der Waals surface area contributed by atoms with E-state index in [9.17, 15) is 9.18 Å². The van der Waals surface area contributed by atoms with Gasteiger partial charge in [0.15, 0.2) is 11.5 Å². The van der Waals surface area contributed by atoms with E-state index in [-0.39, 0.29) is 16.9 Å². The van der Waals surface area contributed by atoms with Crippen LogP contribution >= 0.6 is 11.8 Å². The standard InChI is InChI=1S/C18H16FN3O4S/c1-24-14-7-6-11(8-15(14)25-2)17-21-22-18(26-17)27-10-16(23)20-13-5-3-4-12(19)9-13/h3-9H,10H2,1-2H3,(H,20,23). The molecule has 0 saturated carbocycles. The molecule has 0 aliphatic heterocycles. The quantitative estimate of drug-likeness (QED) is 0.618. The number of hydrogen-bond acceptors (Lipinski definition) is 7. The number of amides is 1. The first-order valence-corrected chi connectivity index (χ1v) is 8.81. The van der Waals surface area contributed by atoms with Gasteiger partial charge in [-0.2, -0.15) is 0 Å². The second kappa shape index (κ2) is 8.54. The van der Waals surface area contributed by atoms with E-state index >= 15 is 0 Å². The highest BCUT2D eigenvalue weighted by Gasteiger charge is 2.14. The average Bonchev–Trinajstić information content (AvgIpc) is 3.15. The molecule has 0 spiro atoms. The number of benzene rings is 2. The van der Waals surface area contributed by atoms with Gasteiger partial charge in [0, 0.05) is 11.3 Å². The van der Waals surface area contributed by atoms with Crippen molar-refractivity contribution in [3.8, 4) is 23.0 Å². The summed E-state index contributed by atoms with van der Waals surface area (Å²) in [7, 11) is 3.09. The average molecular weight is 389 g/mol. The predicted molar refractivity (Wildman–Crippen MR) is 98.6 cm³/mol. The van der Waals surface area contributed by atoms with Gasteiger partial charge in [0.25, 0.3) is 5.22 Å². The fourth-order valence-electron chi connectivity index (χ4n) is 2.24. The van der Waals surface area contributed by atoms with Gasteiger partial charge in [-0.3, -0.25) is 4.79 Å². The van der Waals surface area contributed by atoms with E-state index in [0.717, 1.165) is 11.8 Å². The van der Waals surface area contributed by atoms with E-state index in [0.29, 0.717) is 28.6 Å². The third-order valence-electron chi connectivity index (χ3n) is 3.47. The monoisotopic (exact) mass is 389 g/mol. The fraction of sp³-hybridized carbons (Fsp3) is 0.167. The molecule has 0 bridgehead atoms. The molecule has 3 rings (SSSR count). The number of carbonyl (C=O) groups excluding carboxylic acids is 1. The third-order valence-corrected chi connectivity index (χ3v) is 4.29. The molecule has 9 heteroatoms. The molecule has 1 heterocycles. The Morgan fingerprint density at radius 1 is 1.15 bits per heavy atom. The van der Waals surface area contributed by atoms with Crippen LogP contribution in [0.3, 0.4) is 0 Å². The van der Waals surface area contributed by atoms with Crippen molar-refractivity contribution < 1.29 is 23.1 Å². The highest BCUT2D eigenvalue weighted by Crippen LogP contribution is 2.32. The molecule has 0 fully saturated rings. The number of halogens is 1. The summed E-state index contributed by atoms with van der Waals surface area (Å²) in [6, 6.07) is 10.9. The summed E-state index contributed by atoms with van der Waals surface area (Å²) < 4.78 is 29.1. The number of aromatic nitrogens is 2. The van der Waals surface area contributed by atoms with E-state index in [1.165, 1.54) is 25.3 Å². The molecule has 3 aromatic rings. The molecule has 7 nitrogen and oxygen atoms in total. The van der Waals surface area contributed by atoms with Crippen molar-refractivity contribution in [2.75, 3.05) is 25.3 Å². The van der Waals surface area contributed by atoms with Crippen LogP contribution < -0.4 is 14.8 Å².